The number of nitrogens with zero attached hydrogens (tertiary/aromatic N) is 4. The summed E-state index contributed by atoms with van der Waals surface area (Å²) >= 11 is 0. The lowest BCUT2D eigenvalue weighted by molar-refractivity contribution is 0.178. The van der Waals surface area contributed by atoms with Crippen molar-refractivity contribution in [2.24, 2.45) is 0 Å². The number of piperidine rings is 1. The van der Waals surface area contributed by atoms with Gasteiger partial charge in [-0.25, -0.2) is 13.8 Å². The van der Waals surface area contributed by atoms with E-state index < -0.39 is 6.17 Å². The van der Waals surface area contributed by atoms with Gasteiger partial charge in [0.1, 0.15) is 29.7 Å². The highest BCUT2D eigenvalue weighted by atomic mass is 19.1. The van der Waals surface area contributed by atoms with Crippen molar-refractivity contribution in [3.8, 4) is 5.75 Å². The summed E-state index contributed by atoms with van der Waals surface area (Å²) in [5.74, 6) is 1.73. The highest BCUT2D eigenvalue weighted by Crippen LogP contribution is 2.31. The molecule has 3 heterocycles. The maximum Gasteiger partial charge on any atom is 0.228 e. The highest BCUT2D eigenvalue weighted by molar-refractivity contribution is 5.90. The van der Waals surface area contributed by atoms with Crippen LogP contribution in [-0.2, 0) is 0 Å². The lowest BCUT2D eigenvalue weighted by Crippen LogP contribution is -2.42. The summed E-state index contributed by atoms with van der Waals surface area (Å²) in [6.07, 6.45) is 1.55. The summed E-state index contributed by atoms with van der Waals surface area (Å²) in [6.45, 7) is 2.37. The number of halogens is 2. The van der Waals surface area contributed by atoms with E-state index >= 15 is 0 Å². The fraction of sp³-hybridized carbons (Fsp3) is 0.391. The molecule has 2 aliphatic rings. The van der Waals surface area contributed by atoms with Crippen LogP contribution in [0.5, 0.6) is 5.75 Å². The SMILES string of the molecule is Fc1ccc2c(N3CCC(F)C3)nc(N3CCCC(Oc4ccccc4)C3)nc2c1. The molecule has 0 N–H and O–H groups in total. The molecular formula is C23H24F2N4O. The van der Waals surface area contributed by atoms with E-state index in [1.165, 1.54) is 12.1 Å². The third-order valence-electron chi connectivity index (χ3n) is 5.76. The van der Waals surface area contributed by atoms with Gasteiger partial charge in [-0.3, -0.25) is 0 Å². The first-order valence-corrected chi connectivity index (χ1v) is 10.5. The number of rotatable bonds is 4. The molecule has 2 unspecified atom stereocenters. The van der Waals surface area contributed by atoms with Crippen molar-refractivity contribution >= 4 is 22.7 Å². The molecule has 0 saturated carbocycles. The first-order valence-electron chi connectivity index (χ1n) is 10.5. The van der Waals surface area contributed by atoms with Crippen molar-refractivity contribution in [3.05, 3.63) is 54.3 Å². The number of fused-ring (bicyclic) bond motifs is 1. The smallest absolute Gasteiger partial charge is 0.228 e. The molecule has 3 aromatic rings. The maximum absolute atomic E-state index is 13.9. The molecule has 2 saturated heterocycles. The summed E-state index contributed by atoms with van der Waals surface area (Å²) < 4.78 is 33.9. The third kappa shape index (κ3) is 3.88. The highest BCUT2D eigenvalue weighted by Gasteiger charge is 2.28. The molecule has 30 heavy (non-hydrogen) atoms. The summed E-state index contributed by atoms with van der Waals surface area (Å²) in [5.41, 5.74) is 0.545. The zero-order chi connectivity index (χ0) is 20.5. The van der Waals surface area contributed by atoms with E-state index in [-0.39, 0.29) is 11.9 Å². The van der Waals surface area contributed by atoms with Gasteiger partial charge in [0.25, 0.3) is 0 Å². The van der Waals surface area contributed by atoms with Crippen LogP contribution in [0.25, 0.3) is 10.9 Å². The molecule has 0 amide bonds. The van der Waals surface area contributed by atoms with Gasteiger partial charge in [0.05, 0.1) is 18.6 Å². The third-order valence-corrected chi connectivity index (χ3v) is 5.76. The summed E-state index contributed by atoms with van der Waals surface area (Å²) in [6, 6.07) is 14.3. The van der Waals surface area contributed by atoms with E-state index in [2.05, 4.69) is 9.88 Å². The Morgan fingerprint density at radius 3 is 2.60 bits per heavy atom. The van der Waals surface area contributed by atoms with Crippen LogP contribution < -0.4 is 14.5 Å². The molecule has 156 valence electrons. The van der Waals surface area contributed by atoms with Crippen LogP contribution in [0.4, 0.5) is 20.5 Å². The van der Waals surface area contributed by atoms with Gasteiger partial charge in [0.15, 0.2) is 0 Å². The molecule has 5 rings (SSSR count). The van der Waals surface area contributed by atoms with Crippen molar-refractivity contribution in [1.82, 2.24) is 9.97 Å². The predicted molar refractivity (Wildman–Crippen MR) is 114 cm³/mol. The van der Waals surface area contributed by atoms with E-state index in [9.17, 15) is 8.78 Å². The van der Waals surface area contributed by atoms with E-state index in [4.69, 9.17) is 9.72 Å². The summed E-state index contributed by atoms with van der Waals surface area (Å²) in [7, 11) is 0. The van der Waals surface area contributed by atoms with Gasteiger partial charge in [-0.05, 0) is 43.5 Å². The molecule has 0 aliphatic carbocycles. The Morgan fingerprint density at radius 2 is 1.80 bits per heavy atom. The van der Waals surface area contributed by atoms with Gasteiger partial charge < -0.3 is 14.5 Å². The number of ether oxygens (including phenoxy) is 1. The van der Waals surface area contributed by atoms with Crippen molar-refractivity contribution in [2.45, 2.75) is 31.5 Å². The summed E-state index contributed by atoms with van der Waals surface area (Å²) in [4.78, 5) is 13.5. The topological polar surface area (TPSA) is 41.5 Å². The van der Waals surface area contributed by atoms with Crippen LogP contribution >= 0.6 is 0 Å². The average molecular weight is 410 g/mol. The molecule has 2 aliphatic heterocycles. The maximum atomic E-state index is 13.9. The van der Waals surface area contributed by atoms with Crippen LogP contribution in [0.3, 0.4) is 0 Å². The Kier molecular flexibility index (Phi) is 5.11. The van der Waals surface area contributed by atoms with E-state index in [1.807, 2.05) is 35.2 Å². The van der Waals surface area contributed by atoms with Crippen molar-refractivity contribution in [3.63, 3.8) is 0 Å². The number of anilines is 2. The number of hydrogen-bond donors (Lipinski definition) is 0. The van der Waals surface area contributed by atoms with Gasteiger partial charge in [0, 0.05) is 24.5 Å². The minimum absolute atomic E-state index is 0.0263. The van der Waals surface area contributed by atoms with Crippen LogP contribution in [0.1, 0.15) is 19.3 Å². The number of benzene rings is 2. The second kappa shape index (κ2) is 8.05. The average Bonchev–Trinajstić information content (AvgIpc) is 3.20. The molecular weight excluding hydrogens is 386 g/mol. The molecule has 1 aromatic heterocycles. The molecule has 7 heteroatoms. The Balaban J connectivity index is 1.45. The van der Waals surface area contributed by atoms with Gasteiger partial charge in [0.2, 0.25) is 5.95 Å². The summed E-state index contributed by atoms with van der Waals surface area (Å²) in [5, 5.41) is 0.753. The first-order chi connectivity index (χ1) is 14.7. The molecule has 0 bridgehead atoms. The molecule has 0 spiro atoms. The van der Waals surface area contributed by atoms with Crippen LogP contribution in [0.15, 0.2) is 48.5 Å². The molecule has 2 aromatic carbocycles. The largest absolute Gasteiger partial charge is 0.489 e. The predicted octanol–water partition coefficient (Wildman–Crippen LogP) is 4.36. The van der Waals surface area contributed by atoms with Crippen LogP contribution in [0, 0.1) is 5.82 Å². The quantitative estimate of drug-likeness (QED) is 0.639. The standard InChI is InChI=1S/C23H24F2N4O/c24-16-8-9-20-21(13-16)26-23(27-22(20)28-12-10-17(25)14-28)29-11-4-7-19(15-29)30-18-5-2-1-3-6-18/h1-3,5-6,8-9,13,17,19H,4,7,10-12,14-15H2. The zero-order valence-corrected chi connectivity index (χ0v) is 16.7. The lowest BCUT2D eigenvalue weighted by Gasteiger charge is -2.33. The number of aromatic nitrogens is 2. The minimum atomic E-state index is -0.863. The molecule has 2 fully saturated rings. The second-order valence-electron chi connectivity index (χ2n) is 7.98. The van der Waals surface area contributed by atoms with Crippen LogP contribution in [0.2, 0.25) is 0 Å². The first kappa shape index (κ1) is 19.0. The Bertz CT molecular complexity index is 1030. The second-order valence-corrected chi connectivity index (χ2v) is 7.98. The van der Waals surface area contributed by atoms with E-state index in [0.29, 0.717) is 43.3 Å². The molecule has 5 nitrogen and oxygen atoms in total. The van der Waals surface area contributed by atoms with Crippen molar-refractivity contribution in [1.29, 1.82) is 0 Å². The van der Waals surface area contributed by atoms with Gasteiger partial charge in [-0.2, -0.15) is 4.98 Å². The Labute approximate surface area is 174 Å². The van der Waals surface area contributed by atoms with E-state index in [0.717, 1.165) is 30.5 Å². The van der Waals surface area contributed by atoms with Gasteiger partial charge in [-0.1, -0.05) is 18.2 Å². The van der Waals surface area contributed by atoms with Gasteiger partial charge >= 0.3 is 0 Å². The normalized spacial score (nSPS) is 21.9. The molecule has 0 radical (unpaired) electrons. The molecule has 2 atom stereocenters. The van der Waals surface area contributed by atoms with Crippen molar-refractivity contribution in [2.75, 3.05) is 36.0 Å². The number of alkyl halides is 1. The fourth-order valence-electron chi connectivity index (χ4n) is 4.27. The van der Waals surface area contributed by atoms with E-state index in [1.54, 1.807) is 6.07 Å². The Morgan fingerprint density at radius 1 is 0.933 bits per heavy atom. The monoisotopic (exact) mass is 410 g/mol. The minimum Gasteiger partial charge on any atom is -0.489 e. The van der Waals surface area contributed by atoms with Crippen LogP contribution in [-0.4, -0.2) is 48.4 Å². The fourth-order valence-corrected chi connectivity index (χ4v) is 4.27. The zero-order valence-electron chi connectivity index (χ0n) is 16.7. The number of para-hydroxylation sites is 1. The van der Waals surface area contributed by atoms with Crippen molar-refractivity contribution < 1.29 is 13.5 Å². The number of hydrogen-bond acceptors (Lipinski definition) is 5. The lowest BCUT2D eigenvalue weighted by atomic mass is 10.1. The Hall–Kier alpha value is -2.96. The van der Waals surface area contributed by atoms with Gasteiger partial charge in [-0.15, -0.1) is 0 Å².